The Morgan fingerprint density at radius 3 is 2.69 bits per heavy atom. The van der Waals surface area contributed by atoms with Crippen molar-refractivity contribution >= 4 is 0 Å². The molecule has 86 valence electrons. The molecule has 0 aliphatic heterocycles. The first-order valence-corrected chi connectivity index (χ1v) is 5.11. The number of nitriles is 1. The molecule has 0 radical (unpaired) electrons. The normalized spacial score (nSPS) is 13.9. The molecular weight excluding hydrogens is 207 g/mol. The largest absolute Gasteiger partial charge is 0.475 e. The Hall–Kier alpha value is -1.60. The molecule has 0 spiro atoms. The van der Waals surface area contributed by atoms with E-state index < -0.39 is 6.10 Å². The third kappa shape index (κ3) is 2.94. The molecule has 16 heavy (non-hydrogen) atoms. The number of benzene rings is 1. The molecule has 1 rings (SSSR count). The molecule has 1 aromatic carbocycles. The average molecular weight is 222 g/mol. The van der Waals surface area contributed by atoms with Crippen molar-refractivity contribution in [2.24, 2.45) is 0 Å². The Balaban J connectivity index is 3.04. The fourth-order valence-electron chi connectivity index (χ4n) is 1.34. The topological polar surface area (TPSA) is 45.0 Å². The number of hydrogen-bond donors (Lipinski definition) is 1. The van der Waals surface area contributed by atoms with Crippen molar-refractivity contribution in [1.29, 1.82) is 5.26 Å². The van der Waals surface area contributed by atoms with Crippen molar-refractivity contribution in [3.8, 4) is 11.8 Å². The third-order valence-electron chi connectivity index (χ3n) is 2.36. The quantitative estimate of drug-likeness (QED) is 0.850. The van der Waals surface area contributed by atoms with Gasteiger partial charge in [-0.15, -0.1) is 0 Å². The van der Waals surface area contributed by atoms with Crippen LogP contribution in [0.25, 0.3) is 0 Å². The summed E-state index contributed by atoms with van der Waals surface area (Å²) < 4.78 is 18.4. The SMILES string of the molecule is CNC(C)c1ccc(F)cc1OC(C)C#N. The van der Waals surface area contributed by atoms with Crippen LogP contribution in [0.2, 0.25) is 0 Å². The highest BCUT2D eigenvalue weighted by atomic mass is 19.1. The van der Waals surface area contributed by atoms with Crippen LogP contribution in [-0.4, -0.2) is 13.2 Å². The maximum absolute atomic E-state index is 13.1. The van der Waals surface area contributed by atoms with E-state index in [2.05, 4.69) is 5.32 Å². The van der Waals surface area contributed by atoms with Crippen LogP contribution in [0.3, 0.4) is 0 Å². The Bertz CT molecular complexity index is 400. The summed E-state index contributed by atoms with van der Waals surface area (Å²) in [5, 5.41) is 11.7. The minimum Gasteiger partial charge on any atom is -0.475 e. The van der Waals surface area contributed by atoms with Crippen LogP contribution < -0.4 is 10.1 Å². The molecule has 0 amide bonds. The Kier molecular flexibility index (Phi) is 4.27. The number of ether oxygens (including phenoxy) is 1. The molecule has 0 fully saturated rings. The molecule has 0 aliphatic carbocycles. The zero-order valence-electron chi connectivity index (χ0n) is 9.62. The van der Waals surface area contributed by atoms with E-state index >= 15 is 0 Å². The van der Waals surface area contributed by atoms with Crippen molar-refractivity contribution in [2.45, 2.75) is 26.0 Å². The van der Waals surface area contributed by atoms with Gasteiger partial charge in [-0.1, -0.05) is 6.07 Å². The maximum Gasteiger partial charge on any atom is 0.181 e. The number of hydrogen-bond acceptors (Lipinski definition) is 3. The zero-order chi connectivity index (χ0) is 12.1. The standard InChI is InChI=1S/C12H15FN2O/c1-8(7-14)16-12-6-10(13)4-5-11(12)9(2)15-3/h4-6,8-9,15H,1-3H3. The van der Waals surface area contributed by atoms with E-state index in [0.29, 0.717) is 5.75 Å². The minimum absolute atomic E-state index is 0.0430. The Labute approximate surface area is 94.8 Å². The van der Waals surface area contributed by atoms with E-state index in [0.717, 1.165) is 5.56 Å². The number of nitrogens with zero attached hydrogens (tertiary/aromatic N) is 1. The van der Waals surface area contributed by atoms with Gasteiger partial charge in [0.25, 0.3) is 0 Å². The minimum atomic E-state index is -0.593. The summed E-state index contributed by atoms with van der Waals surface area (Å²) in [5.74, 6) is 0.0445. The predicted octanol–water partition coefficient (Wildman–Crippen LogP) is 2.40. The van der Waals surface area contributed by atoms with Crippen LogP contribution in [0.4, 0.5) is 4.39 Å². The lowest BCUT2D eigenvalue weighted by molar-refractivity contribution is 0.270. The predicted molar refractivity (Wildman–Crippen MR) is 59.6 cm³/mol. The molecule has 0 bridgehead atoms. The molecule has 1 aromatic rings. The lowest BCUT2D eigenvalue weighted by Gasteiger charge is -2.17. The average Bonchev–Trinajstić information content (AvgIpc) is 2.28. The highest BCUT2D eigenvalue weighted by Gasteiger charge is 2.13. The van der Waals surface area contributed by atoms with Gasteiger partial charge in [-0.2, -0.15) is 5.26 Å². The molecule has 1 N–H and O–H groups in total. The van der Waals surface area contributed by atoms with Gasteiger partial charge in [0.2, 0.25) is 0 Å². The second-order valence-electron chi connectivity index (χ2n) is 3.58. The zero-order valence-corrected chi connectivity index (χ0v) is 9.62. The molecule has 0 saturated carbocycles. The molecular formula is C12H15FN2O. The molecule has 0 aromatic heterocycles. The second-order valence-corrected chi connectivity index (χ2v) is 3.58. The van der Waals surface area contributed by atoms with Gasteiger partial charge in [-0.25, -0.2) is 4.39 Å². The van der Waals surface area contributed by atoms with Gasteiger partial charge in [-0.3, -0.25) is 0 Å². The first kappa shape index (κ1) is 12.5. The van der Waals surface area contributed by atoms with E-state index in [4.69, 9.17) is 10.00 Å². The van der Waals surface area contributed by atoms with Gasteiger partial charge in [0.1, 0.15) is 17.6 Å². The molecule has 0 saturated heterocycles. The summed E-state index contributed by atoms with van der Waals surface area (Å²) >= 11 is 0. The van der Waals surface area contributed by atoms with Gasteiger partial charge in [0.15, 0.2) is 6.10 Å². The highest BCUT2D eigenvalue weighted by molar-refractivity contribution is 5.36. The summed E-state index contributed by atoms with van der Waals surface area (Å²) in [7, 11) is 1.81. The van der Waals surface area contributed by atoms with E-state index in [-0.39, 0.29) is 11.9 Å². The summed E-state index contributed by atoms with van der Waals surface area (Å²) in [6, 6.07) is 6.34. The van der Waals surface area contributed by atoms with Gasteiger partial charge in [-0.05, 0) is 27.0 Å². The summed E-state index contributed by atoms with van der Waals surface area (Å²) in [5.41, 5.74) is 0.839. The molecule has 0 aliphatic rings. The van der Waals surface area contributed by atoms with Crippen molar-refractivity contribution < 1.29 is 9.13 Å². The summed E-state index contributed by atoms with van der Waals surface area (Å²) in [4.78, 5) is 0. The van der Waals surface area contributed by atoms with E-state index in [1.807, 2.05) is 20.0 Å². The van der Waals surface area contributed by atoms with Crippen molar-refractivity contribution in [1.82, 2.24) is 5.32 Å². The van der Waals surface area contributed by atoms with Crippen LogP contribution in [0.5, 0.6) is 5.75 Å². The smallest absolute Gasteiger partial charge is 0.181 e. The molecule has 3 nitrogen and oxygen atoms in total. The van der Waals surface area contributed by atoms with E-state index in [1.165, 1.54) is 12.1 Å². The van der Waals surface area contributed by atoms with Crippen molar-refractivity contribution in [3.63, 3.8) is 0 Å². The summed E-state index contributed by atoms with van der Waals surface area (Å²) in [6.45, 7) is 3.57. The van der Waals surface area contributed by atoms with Crippen molar-refractivity contribution in [3.05, 3.63) is 29.6 Å². The van der Waals surface area contributed by atoms with Crippen LogP contribution >= 0.6 is 0 Å². The Morgan fingerprint density at radius 1 is 1.44 bits per heavy atom. The van der Waals surface area contributed by atoms with Crippen LogP contribution in [0.1, 0.15) is 25.5 Å². The lowest BCUT2D eigenvalue weighted by Crippen LogP contribution is -2.16. The maximum atomic E-state index is 13.1. The molecule has 4 heteroatoms. The first-order valence-electron chi connectivity index (χ1n) is 5.11. The fourth-order valence-corrected chi connectivity index (χ4v) is 1.34. The Morgan fingerprint density at radius 2 is 2.12 bits per heavy atom. The summed E-state index contributed by atoms with van der Waals surface area (Å²) in [6.07, 6.45) is -0.593. The monoisotopic (exact) mass is 222 g/mol. The molecule has 2 atom stereocenters. The fraction of sp³-hybridized carbons (Fsp3) is 0.417. The molecule has 2 unspecified atom stereocenters. The lowest BCUT2D eigenvalue weighted by atomic mass is 10.1. The van der Waals surface area contributed by atoms with Gasteiger partial charge in [0, 0.05) is 17.7 Å². The van der Waals surface area contributed by atoms with Crippen molar-refractivity contribution in [2.75, 3.05) is 7.05 Å². The second kappa shape index (κ2) is 5.47. The van der Waals surface area contributed by atoms with Gasteiger partial charge >= 0.3 is 0 Å². The number of halogens is 1. The van der Waals surface area contributed by atoms with Gasteiger partial charge in [0.05, 0.1) is 0 Å². The van der Waals surface area contributed by atoms with Gasteiger partial charge < -0.3 is 10.1 Å². The first-order chi connectivity index (χ1) is 7.58. The number of rotatable bonds is 4. The van der Waals surface area contributed by atoms with Crippen LogP contribution in [0.15, 0.2) is 18.2 Å². The number of nitrogens with one attached hydrogen (secondary N) is 1. The van der Waals surface area contributed by atoms with E-state index in [1.54, 1.807) is 13.0 Å². The highest BCUT2D eigenvalue weighted by Crippen LogP contribution is 2.26. The molecule has 0 heterocycles. The van der Waals surface area contributed by atoms with Crippen LogP contribution in [0, 0.1) is 17.1 Å². The van der Waals surface area contributed by atoms with Crippen LogP contribution in [-0.2, 0) is 0 Å². The third-order valence-corrected chi connectivity index (χ3v) is 2.36. The van der Waals surface area contributed by atoms with E-state index in [9.17, 15) is 4.39 Å².